The second-order valence-electron chi connectivity index (χ2n) is 11.9. The van der Waals surface area contributed by atoms with E-state index in [1.807, 2.05) is 6.92 Å². The van der Waals surface area contributed by atoms with Crippen LogP contribution in [-0.4, -0.2) is 63.1 Å². The van der Waals surface area contributed by atoms with Crippen LogP contribution in [0.1, 0.15) is 43.7 Å². The zero-order chi connectivity index (χ0) is 32.9. The minimum Gasteiger partial charge on any atom is -0.381 e. The van der Waals surface area contributed by atoms with Crippen LogP contribution in [0.15, 0.2) is 71.6 Å². The number of carbonyl (C=O) groups is 1. The van der Waals surface area contributed by atoms with Crippen molar-refractivity contribution in [2.45, 2.75) is 67.5 Å². The number of ether oxygens (including phenoxy) is 1. The largest absolute Gasteiger partial charge is 0.381 e. The molecule has 3 atom stereocenters. The van der Waals surface area contributed by atoms with Crippen molar-refractivity contribution in [1.29, 1.82) is 0 Å². The minimum atomic E-state index is -3.76. The van der Waals surface area contributed by atoms with Crippen molar-refractivity contribution < 1.29 is 31.1 Å². The molecule has 244 valence electrons. The SMILES string of the molecule is C#[N+]C(C(=O)Nc1cccc(F)c1CCCC1CNCC(C)N1S(=O)(=O)c1ccccc1)C1(c2ccc(F)c(F)c2)CCOCC1. The predicted molar refractivity (Wildman–Crippen MR) is 170 cm³/mol. The summed E-state index contributed by atoms with van der Waals surface area (Å²) >= 11 is 0. The van der Waals surface area contributed by atoms with E-state index in [1.54, 1.807) is 40.7 Å². The zero-order valence-corrected chi connectivity index (χ0v) is 26.4. The van der Waals surface area contributed by atoms with Gasteiger partial charge in [-0.05, 0) is 81.0 Å². The Morgan fingerprint density at radius 1 is 1.04 bits per heavy atom. The minimum absolute atomic E-state index is 0.221. The molecule has 3 unspecified atom stereocenters. The van der Waals surface area contributed by atoms with Crippen molar-refractivity contribution in [1.82, 2.24) is 9.62 Å². The molecule has 0 aromatic heterocycles. The number of halogens is 3. The fraction of sp³-hybridized carbons (Fsp3) is 0.412. The molecule has 0 bridgehead atoms. The van der Waals surface area contributed by atoms with E-state index >= 15 is 4.39 Å². The normalized spacial score (nSPS) is 20.8. The van der Waals surface area contributed by atoms with Crippen LogP contribution in [0.4, 0.5) is 18.9 Å². The molecule has 8 nitrogen and oxygen atoms in total. The summed E-state index contributed by atoms with van der Waals surface area (Å²) in [7, 11) is -3.76. The first kappa shape index (κ1) is 33.6. The molecule has 0 spiro atoms. The second-order valence-corrected chi connectivity index (χ2v) is 13.7. The maximum atomic E-state index is 15.3. The molecule has 2 heterocycles. The lowest BCUT2D eigenvalue weighted by Gasteiger charge is -2.40. The molecular formula is C34H38F3N4O4S+. The number of carbonyl (C=O) groups excluding carboxylic acids is 1. The lowest BCUT2D eigenvalue weighted by molar-refractivity contribution is -0.119. The monoisotopic (exact) mass is 655 g/mol. The van der Waals surface area contributed by atoms with E-state index in [2.05, 4.69) is 15.5 Å². The van der Waals surface area contributed by atoms with Crippen LogP contribution in [0, 0.1) is 24.0 Å². The Morgan fingerprint density at radius 3 is 2.48 bits per heavy atom. The summed E-state index contributed by atoms with van der Waals surface area (Å²) in [5.74, 6) is -3.21. The Morgan fingerprint density at radius 2 is 1.78 bits per heavy atom. The molecule has 0 radical (unpaired) electrons. The van der Waals surface area contributed by atoms with Gasteiger partial charge in [-0.2, -0.15) is 4.31 Å². The highest BCUT2D eigenvalue weighted by Gasteiger charge is 2.53. The zero-order valence-electron chi connectivity index (χ0n) is 25.6. The van der Waals surface area contributed by atoms with Crippen molar-refractivity contribution in [3.05, 3.63) is 100 Å². The first-order chi connectivity index (χ1) is 22.1. The number of rotatable bonds is 10. The Labute approximate surface area is 267 Å². The van der Waals surface area contributed by atoms with Gasteiger partial charge in [0.05, 0.1) is 10.3 Å². The van der Waals surface area contributed by atoms with Gasteiger partial charge >= 0.3 is 11.9 Å². The number of piperazine rings is 1. The van der Waals surface area contributed by atoms with Crippen LogP contribution in [0.25, 0.3) is 4.85 Å². The average molecular weight is 656 g/mol. The third-order valence-corrected chi connectivity index (χ3v) is 11.2. The highest BCUT2D eigenvalue weighted by atomic mass is 32.2. The summed E-state index contributed by atoms with van der Waals surface area (Å²) in [6.07, 6.45) is 1.67. The van der Waals surface area contributed by atoms with Crippen LogP contribution in [0.2, 0.25) is 0 Å². The second kappa shape index (κ2) is 14.3. The van der Waals surface area contributed by atoms with Crippen LogP contribution >= 0.6 is 0 Å². The van der Waals surface area contributed by atoms with Gasteiger partial charge in [0, 0.05) is 49.6 Å². The first-order valence-electron chi connectivity index (χ1n) is 15.4. The Balaban J connectivity index is 1.34. The van der Waals surface area contributed by atoms with E-state index < -0.39 is 44.8 Å². The smallest absolute Gasteiger partial charge is 0.358 e. The van der Waals surface area contributed by atoms with E-state index in [9.17, 15) is 22.0 Å². The molecule has 3 aromatic rings. The van der Waals surface area contributed by atoms with Crippen LogP contribution < -0.4 is 10.6 Å². The van der Waals surface area contributed by atoms with E-state index in [1.165, 1.54) is 18.2 Å². The Kier molecular flexibility index (Phi) is 10.5. The number of benzene rings is 3. The lowest BCUT2D eigenvalue weighted by Crippen LogP contribution is -2.58. The summed E-state index contributed by atoms with van der Waals surface area (Å²) in [5, 5.41) is 6.09. The van der Waals surface area contributed by atoms with Gasteiger partial charge in [-0.3, -0.25) is 4.79 Å². The third kappa shape index (κ3) is 6.83. The van der Waals surface area contributed by atoms with Gasteiger partial charge in [-0.15, -0.1) is 0 Å². The number of sulfonamides is 1. The molecule has 46 heavy (non-hydrogen) atoms. The molecule has 2 aliphatic rings. The quantitative estimate of drug-likeness (QED) is 0.301. The molecule has 12 heteroatoms. The number of amides is 1. The number of hydrogen-bond donors (Lipinski definition) is 2. The molecular weight excluding hydrogens is 617 g/mol. The summed E-state index contributed by atoms with van der Waals surface area (Å²) in [5.41, 5.74) is -0.212. The summed E-state index contributed by atoms with van der Waals surface area (Å²) in [6, 6.07) is 14.3. The van der Waals surface area contributed by atoms with Crippen molar-refractivity contribution in [3.8, 4) is 6.57 Å². The molecule has 2 N–H and O–H groups in total. The molecule has 2 saturated heterocycles. The van der Waals surface area contributed by atoms with Gasteiger partial charge < -0.3 is 15.4 Å². The van der Waals surface area contributed by atoms with Gasteiger partial charge in [0.2, 0.25) is 10.0 Å². The molecule has 2 fully saturated rings. The lowest BCUT2D eigenvalue weighted by atomic mass is 9.68. The maximum Gasteiger partial charge on any atom is 0.358 e. The highest BCUT2D eigenvalue weighted by Crippen LogP contribution is 2.41. The number of hydrogen-bond acceptors (Lipinski definition) is 5. The first-order valence-corrected chi connectivity index (χ1v) is 16.8. The van der Waals surface area contributed by atoms with Crippen molar-refractivity contribution in [3.63, 3.8) is 0 Å². The summed E-state index contributed by atoms with van der Waals surface area (Å²) in [6.45, 7) is 9.14. The van der Waals surface area contributed by atoms with E-state index in [0.717, 1.165) is 12.1 Å². The van der Waals surface area contributed by atoms with Crippen molar-refractivity contribution in [2.75, 3.05) is 31.6 Å². The number of nitrogens with one attached hydrogen (secondary N) is 2. The van der Waals surface area contributed by atoms with Gasteiger partial charge in [-0.25, -0.2) is 21.6 Å². The van der Waals surface area contributed by atoms with Crippen LogP contribution in [0.3, 0.4) is 0 Å². The van der Waals surface area contributed by atoms with Gasteiger partial charge in [0.1, 0.15) is 5.82 Å². The molecule has 1 amide bonds. The topological polar surface area (TPSA) is 92.1 Å². The highest BCUT2D eigenvalue weighted by molar-refractivity contribution is 7.89. The van der Waals surface area contributed by atoms with Gasteiger partial charge in [0.15, 0.2) is 11.6 Å². The van der Waals surface area contributed by atoms with Gasteiger partial charge in [0.25, 0.3) is 6.57 Å². The van der Waals surface area contributed by atoms with E-state index in [4.69, 9.17) is 11.3 Å². The Bertz CT molecular complexity index is 1690. The summed E-state index contributed by atoms with van der Waals surface area (Å²) < 4.78 is 77.6. The van der Waals surface area contributed by atoms with Gasteiger partial charge in [-0.1, -0.05) is 35.2 Å². The maximum absolute atomic E-state index is 15.3. The Hall–Kier alpha value is -3.76. The third-order valence-electron chi connectivity index (χ3n) is 9.07. The molecule has 5 rings (SSSR count). The number of nitrogens with zero attached hydrogens (tertiary/aromatic N) is 2. The molecule has 0 aliphatic carbocycles. The molecule has 0 saturated carbocycles. The number of anilines is 1. The fourth-order valence-corrected chi connectivity index (χ4v) is 8.61. The summed E-state index contributed by atoms with van der Waals surface area (Å²) in [4.78, 5) is 17.9. The van der Waals surface area contributed by atoms with Crippen LogP contribution in [-0.2, 0) is 31.4 Å². The van der Waals surface area contributed by atoms with Crippen LogP contribution in [0.5, 0.6) is 0 Å². The predicted octanol–water partition coefficient (Wildman–Crippen LogP) is 5.50. The van der Waals surface area contributed by atoms with E-state index in [0.29, 0.717) is 31.5 Å². The molecule has 3 aromatic carbocycles. The van der Waals surface area contributed by atoms with Crippen molar-refractivity contribution in [2.24, 2.45) is 0 Å². The molecule has 2 aliphatic heterocycles. The van der Waals surface area contributed by atoms with E-state index in [-0.39, 0.29) is 60.7 Å². The van der Waals surface area contributed by atoms with Crippen molar-refractivity contribution >= 4 is 21.6 Å². The standard InChI is InChI=1S/C34H37F3N4O4S/c1-23-21-39-22-25(41(23)46(43,44)26-9-4-3-5-10-26)8-6-11-27-28(35)12-7-13-31(27)40-33(42)32(38-2)34(16-18-45-19-17-34)24-14-15-29(36)30(37)20-24/h2-5,7,9-10,12-15,20,23,25,32,39H,6,8,11,16-19,21-22H2,1H3/p+1. The fourth-order valence-electron chi connectivity index (χ4n) is 6.74. The average Bonchev–Trinajstić information content (AvgIpc) is 3.04.